The Balaban J connectivity index is 1.72. The van der Waals surface area contributed by atoms with Gasteiger partial charge in [-0.2, -0.15) is 0 Å². The predicted molar refractivity (Wildman–Crippen MR) is 86.0 cm³/mol. The largest absolute Gasteiger partial charge is 0.354 e. The normalized spacial score (nSPS) is 12.2. The van der Waals surface area contributed by atoms with E-state index >= 15 is 0 Å². The SMILES string of the molecule is C[C@H](C(=O)NCCc1cnc[nH]1)n1cnc2ccccc2c1=O. The van der Waals surface area contributed by atoms with Crippen LogP contribution in [0.4, 0.5) is 0 Å². The number of aromatic amines is 1. The lowest BCUT2D eigenvalue weighted by atomic mass is 10.2. The van der Waals surface area contributed by atoms with E-state index in [-0.39, 0.29) is 11.5 Å². The first-order chi connectivity index (χ1) is 11.2. The number of para-hydroxylation sites is 1. The minimum Gasteiger partial charge on any atom is -0.354 e. The molecule has 7 nitrogen and oxygen atoms in total. The molecule has 3 aromatic rings. The third kappa shape index (κ3) is 3.13. The summed E-state index contributed by atoms with van der Waals surface area (Å²) in [6.45, 7) is 2.16. The molecule has 1 amide bonds. The highest BCUT2D eigenvalue weighted by atomic mass is 16.2. The Bertz CT molecular complexity index is 870. The second-order valence-electron chi connectivity index (χ2n) is 5.27. The molecular formula is C16H17N5O2. The Kier molecular flexibility index (Phi) is 4.18. The minimum atomic E-state index is -0.624. The van der Waals surface area contributed by atoms with Crippen LogP contribution in [0.1, 0.15) is 18.7 Å². The maximum Gasteiger partial charge on any atom is 0.261 e. The van der Waals surface area contributed by atoms with E-state index in [1.807, 2.05) is 6.07 Å². The van der Waals surface area contributed by atoms with Gasteiger partial charge in [0.1, 0.15) is 6.04 Å². The number of hydrogen-bond acceptors (Lipinski definition) is 4. The molecule has 0 saturated carbocycles. The lowest BCUT2D eigenvalue weighted by Crippen LogP contribution is -2.36. The van der Waals surface area contributed by atoms with Gasteiger partial charge in [-0.15, -0.1) is 0 Å². The van der Waals surface area contributed by atoms with Crippen LogP contribution in [0.2, 0.25) is 0 Å². The summed E-state index contributed by atoms with van der Waals surface area (Å²) < 4.78 is 1.36. The van der Waals surface area contributed by atoms with Gasteiger partial charge >= 0.3 is 0 Å². The van der Waals surface area contributed by atoms with Crippen molar-refractivity contribution in [1.82, 2.24) is 24.8 Å². The number of carbonyl (C=O) groups is 1. The standard InChI is InChI=1S/C16H17N5O2/c1-11(15(22)18-7-6-12-8-17-9-19-12)21-10-20-14-5-3-2-4-13(14)16(21)23/h2-5,8-11H,6-7H2,1H3,(H,17,19)(H,18,22)/t11-/m1/s1. The fourth-order valence-electron chi connectivity index (χ4n) is 2.37. The first-order valence-corrected chi connectivity index (χ1v) is 7.37. The Labute approximate surface area is 132 Å². The van der Waals surface area contributed by atoms with E-state index in [4.69, 9.17) is 0 Å². The van der Waals surface area contributed by atoms with Gasteiger partial charge in [0.2, 0.25) is 5.91 Å². The second-order valence-corrected chi connectivity index (χ2v) is 5.27. The number of aromatic nitrogens is 4. The highest BCUT2D eigenvalue weighted by molar-refractivity contribution is 5.81. The van der Waals surface area contributed by atoms with Crippen molar-refractivity contribution in [3.8, 4) is 0 Å². The van der Waals surface area contributed by atoms with Gasteiger partial charge in [-0.05, 0) is 19.1 Å². The summed E-state index contributed by atoms with van der Waals surface area (Å²) in [5.41, 5.74) is 1.36. The number of imidazole rings is 1. The fraction of sp³-hybridized carbons (Fsp3) is 0.250. The van der Waals surface area contributed by atoms with Gasteiger partial charge in [0.25, 0.3) is 5.56 Å². The maximum atomic E-state index is 12.5. The summed E-state index contributed by atoms with van der Waals surface area (Å²) >= 11 is 0. The Hall–Kier alpha value is -2.96. The number of carbonyl (C=O) groups excluding carboxylic acids is 1. The molecule has 2 heterocycles. The molecule has 23 heavy (non-hydrogen) atoms. The molecule has 0 aliphatic heterocycles. The van der Waals surface area contributed by atoms with E-state index in [9.17, 15) is 9.59 Å². The topological polar surface area (TPSA) is 92.7 Å². The molecule has 0 fully saturated rings. The van der Waals surface area contributed by atoms with Crippen molar-refractivity contribution >= 4 is 16.8 Å². The smallest absolute Gasteiger partial charge is 0.261 e. The zero-order chi connectivity index (χ0) is 16.2. The first-order valence-electron chi connectivity index (χ1n) is 7.37. The lowest BCUT2D eigenvalue weighted by molar-refractivity contribution is -0.123. The third-order valence-corrected chi connectivity index (χ3v) is 3.74. The van der Waals surface area contributed by atoms with Gasteiger partial charge in [0, 0.05) is 24.9 Å². The molecule has 0 radical (unpaired) electrons. The monoisotopic (exact) mass is 311 g/mol. The molecular weight excluding hydrogens is 294 g/mol. The van der Waals surface area contributed by atoms with Gasteiger partial charge in [-0.3, -0.25) is 14.2 Å². The van der Waals surface area contributed by atoms with Gasteiger partial charge in [0.15, 0.2) is 0 Å². The van der Waals surface area contributed by atoms with Crippen LogP contribution in [0.3, 0.4) is 0 Å². The van der Waals surface area contributed by atoms with Crippen molar-refractivity contribution in [2.45, 2.75) is 19.4 Å². The average Bonchev–Trinajstić information content (AvgIpc) is 3.08. The molecule has 0 aliphatic carbocycles. The minimum absolute atomic E-state index is 0.216. The molecule has 0 aliphatic rings. The van der Waals surface area contributed by atoms with Crippen molar-refractivity contribution in [1.29, 1.82) is 0 Å². The van der Waals surface area contributed by atoms with Crippen LogP contribution < -0.4 is 10.9 Å². The highest BCUT2D eigenvalue weighted by Crippen LogP contribution is 2.08. The molecule has 2 aromatic heterocycles. The number of H-pyrrole nitrogens is 1. The zero-order valence-electron chi connectivity index (χ0n) is 12.7. The van der Waals surface area contributed by atoms with E-state index in [1.54, 1.807) is 37.6 Å². The summed E-state index contributed by atoms with van der Waals surface area (Å²) in [5.74, 6) is -0.219. The first kappa shape index (κ1) is 15.0. The molecule has 0 bridgehead atoms. The van der Waals surface area contributed by atoms with Crippen LogP contribution >= 0.6 is 0 Å². The Morgan fingerprint density at radius 1 is 1.39 bits per heavy atom. The van der Waals surface area contributed by atoms with Gasteiger partial charge in [-0.1, -0.05) is 12.1 Å². The van der Waals surface area contributed by atoms with Gasteiger partial charge < -0.3 is 10.3 Å². The van der Waals surface area contributed by atoms with Gasteiger partial charge in [0.05, 0.1) is 23.6 Å². The Morgan fingerprint density at radius 2 is 2.22 bits per heavy atom. The number of benzene rings is 1. The average molecular weight is 311 g/mol. The molecule has 1 aromatic carbocycles. The summed E-state index contributed by atoms with van der Waals surface area (Å²) in [6, 6.07) is 6.47. The molecule has 7 heteroatoms. The van der Waals surface area contributed by atoms with Crippen molar-refractivity contribution in [3.05, 3.63) is 59.2 Å². The number of nitrogens with zero attached hydrogens (tertiary/aromatic N) is 3. The van der Waals surface area contributed by atoms with E-state index in [2.05, 4.69) is 20.3 Å². The predicted octanol–water partition coefficient (Wildman–Crippen LogP) is 1.04. The number of fused-ring (bicyclic) bond motifs is 1. The van der Waals surface area contributed by atoms with Gasteiger partial charge in [-0.25, -0.2) is 9.97 Å². The van der Waals surface area contributed by atoms with Crippen LogP contribution in [0.15, 0.2) is 47.9 Å². The summed E-state index contributed by atoms with van der Waals surface area (Å²) in [4.78, 5) is 35.8. The van der Waals surface area contributed by atoms with Crippen molar-refractivity contribution in [2.24, 2.45) is 0 Å². The Morgan fingerprint density at radius 3 is 3.00 bits per heavy atom. The van der Waals surface area contributed by atoms with Crippen molar-refractivity contribution in [2.75, 3.05) is 6.54 Å². The van der Waals surface area contributed by atoms with Crippen LogP contribution in [0.25, 0.3) is 10.9 Å². The third-order valence-electron chi connectivity index (χ3n) is 3.74. The second kappa shape index (κ2) is 6.43. The molecule has 3 rings (SSSR count). The quantitative estimate of drug-likeness (QED) is 0.736. The molecule has 118 valence electrons. The van der Waals surface area contributed by atoms with Crippen LogP contribution in [0, 0.1) is 0 Å². The summed E-state index contributed by atoms with van der Waals surface area (Å²) in [7, 11) is 0. The van der Waals surface area contributed by atoms with Crippen molar-refractivity contribution < 1.29 is 4.79 Å². The molecule has 0 saturated heterocycles. The van der Waals surface area contributed by atoms with E-state index in [0.717, 1.165) is 5.69 Å². The number of amides is 1. The number of rotatable bonds is 5. The molecule has 2 N–H and O–H groups in total. The van der Waals surface area contributed by atoms with Crippen molar-refractivity contribution in [3.63, 3.8) is 0 Å². The number of nitrogens with one attached hydrogen (secondary N) is 2. The van der Waals surface area contributed by atoms with Crippen LogP contribution in [-0.2, 0) is 11.2 Å². The van der Waals surface area contributed by atoms with E-state index in [1.165, 1.54) is 10.9 Å². The molecule has 1 atom stereocenters. The number of hydrogen-bond donors (Lipinski definition) is 2. The molecule has 0 unspecified atom stereocenters. The van der Waals surface area contributed by atoms with Crippen LogP contribution in [-0.4, -0.2) is 32.0 Å². The lowest BCUT2D eigenvalue weighted by Gasteiger charge is -2.15. The summed E-state index contributed by atoms with van der Waals surface area (Å²) in [5, 5.41) is 3.33. The maximum absolute atomic E-state index is 12.5. The highest BCUT2D eigenvalue weighted by Gasteiger charge is 2.17. The van der Waals surface area contributed by atoms with E-state index < -0.39 is 6.04 Å². The van der Waals surface area contributed by atoms with Crippen LogP contribution in [0.5, 0.6) is 0 Å². The fourth-order valence-corrected chi connectivity index (χ4v) is 2.37. The molecule has 0 spiro atoms. The summed E-state index contributed by atoms with van der Waals surface area (Å²) in [6.07, 6.45) is 5.39. The van der Waals surface area contributed by atoms with E-state index in [0.29, 0.717) is 23.9 Å². The zero-order valence-corrected chi connectivity index (χ0v) is 12.7.